The molecule has 1 saturated heterocycles. The number of rotatable bonds is 5. The van der Waals surface area contributed by atoms with Crippen LogP contribution in [-0.2, 0) is 0 Å². The van der Waals surface area contributed by atoms with Crippen molar-refractivity contribution < 1.29 is 14.6 Å². The standard InChI is InChI=1S/C26H26N6O3/c1-17-23(15-29-32(17)21-8-11-30(12-9-21)26(33)34)20-13-25(24-7-10-28-31(24)16-20)35-18(2)22-6-4-3-5-19(22)14-27/h3-7,10,13,15-16,18,21H,8-9,11-12H2,1-2H3,(H,33,34). The number of hydrogen-bond acceptors (Lipinski definition) is 5. The maximum Gasteiger partial charge on any atom is 0.407 e. The van der Waals surface area contributed by atoms with Crippen LogP contribution >= 0.6 is 0 Å². The topological polar surface area (TPSA) is 109 Å². The quantitative estimate of drug-likeness (QED) is 0.447. The number of amides is 1. The van der Waals surface area contributed by atoms with Crippen LogP contribution in [0.3, 0.4) is 0 Å². The Bertz CT molecular complexity index is 1420. The number of likely N-dealkylation sites (tertiary alicyclic amines) is 1. The molecule has 0 bridgehead atoms. The SMILES string of the molecule is Cc1c(-c2cc(OC(C)c3ccccc3C#N)c3ccnn3c2)cnn1C1CCN(C(=O)O)CC1. The van der Waals surface area contributed by atoms with E-state index in [1.54, 1.807) is 16.8 Å². The number of nitrogens with zero attached hydrogens (tertiary/aromatic N) is 6. The zero-order chi connectivity index (χ0) is 24.5. The van der Waals surface area contributed by atoms with E-state index < -0.39 is 6.09 Å². The van der Waals surface area contributed by atoms with E-state index in [9.17, 15) is 15.2 Å². The third-order valence-electron chi connectivity index (χ3n) is 6.73. The molecule has 1 atom stereocenters. The number of pyridine rings is 1. The van der Waals surface area contributed by atoms with E-state index >= 15 is 0 Å². The van der Waals surface area contributed by atoms with Crippen LogP contribution in [0.4, 0.5) is 4.79 Å². The number of carboxylic acid groups (broad SMARTS) is 1. The number of ether oxygens (including phenoxy) is 1. The Kier molecular flexibility index (Phi) is 5.87. The van der Waals surface area contributed by atoms with Gasteiger partial charge in [0.1, 0.15) is 17.4 Å². The zero-order valence-electron chi connectivity index (χ0n) is 19.6. The number of benzene rings is 1. The average molecular weight is 471 g/mol. The number of nitriles is 1. The van der Waals surface area contributed by atoms with Gasteiger partial charge in [-0.15, -0.1) is 0 Å². The summed E-state index contributed by atoms with van der Waals surface area (Å²) < 4.78 is 10.2. The largest absolute Gasteiger partial charge is 0.484 e. The smallest absolute Gasteiger partial charge is 0.407 e. The molecule has 4 heterocycles. The average Bonchev–Trinajstić information content (AvgIpc) is 3.50. The monoisotopic (exact) mass is 470 g/mol. The normalized spacial score (nSPS) is 15.2. The first-order chi connectivity index (χ1) is 17.0. The van der Waals surface area contributed by atoms with Gasteiger partial charge in [-0.2, -0.15) is 15.5 Å². The molecule has 0 radical (unpaired) electrons. The van der Waals surface area contributed by atoms with Crippen molar-refractivity contribution in [3.8, 4) is 22.9 Å². The van der Waals surface area contributed by atoms with Crippen molar-refractivity contribution in [2.24, 2.45) is 0 Å². The Morgan fingerprint density at radius 3 is 2.74 bits per heavy atom. The van der Waals surface area contributed by atoms with Crippen molar-refractivity contribution in [2.45, 2.75) is 38.8 Å². The summed E-state index contributed by atoms with van der Waals surface area (Å²) in [6, 6.07) is 13.7. The lowest BCUT2D eigenvalue weighted by Crippen LogP contribution is -2.38. The molecule has 0 saturated carbocycles. The second kappa shape index (κ2) is 9.14. The van der Waals surface area contributed by atoms with Crippen molar-refractivity contribution in [3.05, 3.63) is 71.8 Å². The molecular formula is C26H26N6O3. The van der Waals surface area contributed by atoms with Crippen LogP contribution in [0.1, 0.15) is 48.7 Å². The summed E-state index contributed by atoms with van der Waals surface area (Å²) in [6.07, 6.45) is 5.80. The Balaban J connectivity index is 1.46. The lowest BCUT2D eigenvalue weighted by Gasteiger charge is -2.30. The van der Waals surface area contributed by atoms with Crippen molar-refractivity contribution in [1.29, 1.82) is 5.26 Å². The molecule has 1 amide bonds. The van der Waals surface area contributed by atoms with Crippen LogP contribution in [-0.4, -0.2) is 48.6 Å². The fraction of sp³-hybridized carbons (Fsp3) is 0.308. The number of piperidine rings is 1. The van der Waals surface area contributed by atoms with Crippen molar-refractivity contribution in [3.63, 3.8) is 0 Å². The fourth-order valence-corrected chi connectivity index (χ4v) is 4.82. The molecule has 1 N–H and O–H groups in total. The van der Waals surface area contributed by atoms with E-state index in [1.807, 2.05) is 61.3 Å². The summed E-state index contributed by atoms with van der Waals surface area (Å²) in [5.74, 6) is 0.669. The maximum absolute atomic E-state index is 11.2. The van der Waals surface area contributed by atoms with Crippen molar-refractivity contribution in [1.82, 2.24) is 24.3 Å². The minimum atomic E-state index is -0.868. The van der Waals surface area contributed by atoms with Gasteiger partial charge >= 0.3 is 6.09 Å². The molecule has 0 aliphatic carbocycles. The molecule has 1 unspecified atom stereocenters. The second-order valence-corrected chi connectivity index (χ2v) is 8.80. The predicted molar refractivity (Wildman–Crippen MR) is 129 cm³/mol. The highest BCUT2D eigenvalue weighted by Gasteiger charge is 2.26. The highest BCUT2D eigenvalue weighted by Crippen LogP contribution is 2.34. The van der Waals surface area contributed by atoms with Gasteiger partial charge in [0.15, 0.2) is 0 Å². The molecule has 9 nitrogen and oxygen atoms in total. The van der Waals surface area contributed by atoms with Gasteiger partial charge in [-0.25, -0.2) is 9.31 Å². The summed E-state index contributed by atoms with van der Waals surface area (Å²) in [7, 11) is 0. The van der Waals surface area contributed by atoms with Gasteiger partial charge in [-0.1, -0.05) is 18.2 Å². The Morgan fingerprint density at radius 1 is 1.23 bits per heavy atom. The zero-order valence-corrected chi connectivity index (χ0v) is 19.6. The van der Waals surface area contributed by atoms with Crippen molar-refractivity contribution in [2.75, 3.05) is 13.1 Å². The molecular weight excluding hydrogens is 444 g/mol. The van der Waals surface area contributed by atoms with Gasteiger partial charge in [0, 0.05) is 41.7 Å². The highest BCUT2D eigenvalue weighted by molar-refractivity contribution is 5.72. The Labute approximate surface area is 202 Å². The summed E-state index contributed by atoms with van der Waals surface area (Å²) >= 11 is 0. The van der Waals surface area contributed by atoms with Gasteiger partial charge in [0.25, 0.3) is 0 Å². The first-order valence-corrected chi connectivity index (χ1v) is 11.6. The molecule has 3 aromatic heterocycles. The molecule has 1 fully saturated rings. The molecule has 5 rings (SSSR count). The van der Waals surface area contributed by atoms with E-state index in [1.165, 1.54) is 4.90 Å². The number of carbonyl (C=O) groups is 1. The third kappa shape index (κ3) is 4.19. The van der Waals surface area contributed by atoms with E-state index in [2.05, 4.69) is 16.3 Å². The minimum Gasteiger partial charge on any atom is -0.484 e. The van der Waals surface area contributed by atoms with E-state index in [0.29, 0.717) is 24.4 Å². The molecule has 0 spiro atoms. The molecule has 35 heavy (non-hydrogen) atoms. The summed E-state index contributed by atoms with van der Waals surface area (Å²) in [6.45, 7) is 4.98. The third-order valence-corrected chi connectivity index (χ3v) is 6.73. The highest BCUT2D eigenvalue weighted by atomic mass is 16.5. The lowest BCUT2D eigenvalue weighted by atomic mass is 10.0. The summed E-state index contributed by atoms with van der Waals surface area (Å²) in [4.78, 5) is 12.7. The van der Waals surface area contributed by atoms with Crippen LogP contribution in [0.2, 0.25) is 0 Å². The first kappa shape index (κ1) is 22.5. The Hall–Kier alpha value is -4.32. The Morgan fingerprint density at radius 2 is 2.00 bits per heavy atom. The van der Waals surface area contributed by atoms with Crippen LogP contribution < -0.4 is 4.74 Å². The second-order valence-electron chi connectivity index (χ2n) is 8.80. The van der Waals surface area contributed by atoms with E-state index in [-0.39, 0.29) is 12.1 Å². The van der Waals surface area contributed by atoms with E-state index in [0.717, 1.165) is 40.7 Å². The minimum absolute atomic E-state index is 0.158. The van der Waals surface area contributed by atoms with Crippen LogP contribution in [0.5, 0.6) is 5.75 Å². The van der Waals surface area contributed by atoms with Crippen LogP contribution in [0, 0.1) is 18.3 Å². The van der Waals surface area contributed by atoms with E-state index in [4.69, 9.17) is 4.74 Å². The first-order valence-electron chi connectivity index (χ1n) is 11.6. The number of fused-ring (bicyclic) bond motifs is 1. The van der Waals surface area contributed by atoms with Gasteiger partial charge in [-0.3, -0.25) is 4.68 Å². The molecule has 178 valence electrons. The van der Waals surface area contributed by atoms with Gasteiger partial charge < -0.3 is 14.7 Å². The fourth-order valence-electron chi connectivity index (χ4n) is 4.82. The van der Waals surface area contributed by atoms with Gasteiger partial charge in [-0.05, 0) is 44.9 Å². The molecule has 4 aromatic rings. The summed E-state index contributed by atoms with van der Waals surface area (Å²) in [5, 5.41) is 27.8. The molecule has 1 aliphatic heterocycles. The van der Waals surface area contributed by atoms with Gasteiger partial charge in [0.2, 0.25) is 0 Å². The predicted octanol–water partition coefficient (Wildman–Crippen LogP) is 4.83. The van der Waals surface area contributed by atoms with Crippen molar-refractivity contribution >= 4 is 11.6 Å². The molecule has 1 aromatic carbocycles. The molecule has 9 heteroatoms. The van der Waals surface area contributed by atoms with Crippen LogP contribution in [0.15, 0.2) is 55.0 Å². The van der Waals surface area contributed by atoms with Gasteiger partial charge in [0.05, 0.1) is 30.1 Å². The van der Waals surface area contributed by atoms with Crippen LogP contribution in [0.25, 0.3) is 16.6 Å². The summed E-state index contributed by atoms with van der Waals surface area (Å²) in [5.41, 5.74) is 5.16. The molecule has 1 aliphatic rings. The number of hydrogen-bond donors (Lipinski definition) is 1. The maximum atomic E-state index is 11.2. The number of aromatic nitrogens is 4. The lowest BCUT2D eigenvalue weighted by molar-refractivity contribution is 0.123.